The van der Waals surface area contributed by atoms with Gasteiger partial charge in [-0.1, -0.05) is 31.7 Å². The van der Waals surface area contributed by atoms with Crippen LogP contribution in [0.3, 0.4) is 0 Å². The lowest BCUT2D eigenvalue weighted by Crippen LogP contribution is -2.32. The number of fused-ring (bicyclic) bond motifs is 3. The summed E-state index contributed by atoms with van der Waals surface area (Å²) < 4.78 is 7.66. The van der Waals surface area contributed by atoms with Crippen LogP contribution in [0.15, 0.2) is 22.6 Å². The van der Waals surface area contributed by atoms with Gasteiger partial charge in [0.05, 0.1) is 17.6 Å². The Morgan fingerprint density at radius 2 is 2.25 bits per heavy atom. The Morgan fingerprint density at radius 3 is 2.92 bits per heavy atom. The number of hydrogen-bond acceptors (Lipinski definition) is 5. The number of rotatable bonds is 5. The minimum Gasteiger partial charge on any atom is -0.370 e. The average Bonchev–Trinajstić information content (AvgIpc) is 2.84. The fourth-order valence-corrected chi connectivity index (χ4v) is 4.95. The van der Waals surface area contributed by atoms with Gasteiger partial charge in [-0.2, -0.15) is 0 Å². The van der Waals surface area contributed by atoms with Gasteiger partial charge >= 0.3 is 0 Å². The van der Waals surface area contributed by atoms with E-state index in [2.05, 4.69) is 34.3 Å². The van der Waals surface area contributed by atoms with Gasteiger partial charge in [0.2, 0.25) is 0 Å². The van der Waals surface area contributed by atoms with E-state index in [1.54, 1.807) is 33.7 Å². The molecule has 24 heavy (non-hydrogen) atoms. The van der Waals surface area contributed by atoms with Crippen LogP contribution in [0.2, 0.25) is 0 Å². The van der Waals surface area contributed by atoms with Gasteiger partial charge in [-0.3, -0.25) is 9.36 Å². The SMILES string of the molecule is C=CCn1c(SCC(C)C)nc2sc3c(c2c1=O)CC(C)(C)OC3. The third-order valence-corrected chi connectivity index (χ3v) is 6.52. The van der Waals surface area contributed by atoms with Gasteiger partial charge in [0.15, 0.2) is 5.16 Å². The maximum absolute atomic E-state index is 13.2. The summed E-state index contributed by atoms with van der Waals surface area (Å²) in [6, 6.07) is 0. The van der Waals surface area contributed by atoms with Crippen molar-refractivity contribution in [1.29, 1.82) is 0 Å². The molecule has 3 heterocycles. The number of thioether (sulfide) groups is 1. The fourth-order valence-electron chi connectivity index (χ4n) is 2.85. The summed E-state index contributed by atoms with van der Waals surface area (Å²) >= 11 is 3.25. The summed E-state index contributed by atoms with van der Waals surface area (Å²) in [7, 11) is 0. The molecule has 1 aliphatic rings. The van der Waals surface area contributed by atoms with E-state index < -0.39 is 0 Å². The zero-order chi connectivity index (χ0) is 17.5. The molecule has 0 radical (unpaired) electrons. The number of thiophene rings is 1. The van der Waals surface area contributed by atoms with Crippen molar-refractivity contribution in [2.24, 2.45) is 5.92 Å². The third kappa shape index (κ3) is 3.32. The topological polar surface area (TPSA) is 44.1 Å². The maximum Gasteiger partial charge on any atom is 0.263 e. The van der Waals surface area contributed by atoms with Gasteiger partial charge in [-0.15, -0.1) is 17.9 Å². The molecule has 1 aliphatic heterocycles. The standard InChI is InChI=1S/C18H24N2O2S2/c1-6-7-20-16(21)14-12-8-18(4,5)22-9-13(12)24-15(14)19-17(20)23-10-11(2)3/h6,11H,1,7-10H2,2-5H3. The molecule has 130 valence electrons. The number of ether oxygens (including phenoxy) is 1. The highest BCUT2D eigenvalue weighted by Crippen LogP contribution is 2.37. The van der Waals surface area contributed by atoms with Gasteiger partial charge in [0.25, 0.3) is 5.56 Å². The van der Waals surface area contributed by atoms with Crippen LogP contribution in [0.5, 0.6) is 0 Å². The highest BCUT2D eigenvalue weighted by atomic mass is 32.2. The summed E-state index contributed by atoms with van der Waals surface area (Å²) in [5.41, 5.74) is 0.949. The second-order valence-electron chi connectivity index (χ2n) is 7.21. The van der Waals surface area contributed by atoms with Gasteiger partial charge in [0.1, 0.15) is 4.83 Å². The van der Waals surface area contributed by atoms with Crippen molar-refractivity contribution in [3.05, 3.63) is 33.4 Å². The largest absolute Gasteiger partial charge is 0.370 e. The summed E-state index contributed by atoms with van der Waals surface area (Å²) in [5.74, 6) is 1.49. The highest BCUT2D eigenvalue weighted by molar-refractivity contribution is 7.99. The van der Waals surface area contributed by atoms with Crippen LogP contribution < -0.4 is 5.56 Å². The van der Waals surface area contributed by atoms with Crippen LogP contribution in [0.4, 0.5) is 0 Å². The van der Waals surface area contributed by atoms with Gasteiger partial charge in [-0.25, -0.2) is 4.98 Å². The van der Waals surface area contributed by atoms with Gasteiger partial charge in [0, 0.05) is 23.6 Å². The number of allylic oxidation sites excluding steroid dienone is 1. The Balaban J connectivity index is 2.17. The van der Waals surface area contributed by atoms with Crippen molar-refractivity contribution in [1.82, 2.24) is 9.55 Å². The Morgan fingerprint density at radius 1 is 1.50 bits per heavy atom. The molecule has 6 heteroatoms. The van der Waals surface area contributed by atoms with E-state index in [1.165, 1.54) is 0 Å². The van der Waals surface area contributed by atoms with E-state index in [-0.39, 0.29) is 11.2 Å². The van der Waals surface area contributed by atoms with Gasteiger partial charge < -0.3 is 4.74 Å². The van der Waals surface area contributed by atoms with Crippen molar-refractivity contribution in [2.45, 2.75) is 58.0 Å². The molecular formula is C18H24N2O2S2. The van der Waals surface area contributed by atoms with Crippen molar-refractivity contribution >= 4 is 33.3 Å². The molecular weight excluding hydrogens is 340 g/mol. The van der Waals surface area contributed by atoms with E-state index in [1.807, 2.05) is 0 Å². The van der Waals surface area contributed by atoms with Crippen molar-refractivity contribution in [3.63, 3.8) is 0 Å². The molecule has 0 aromatic carbocycles. The van der Waals surface area contributed by atoms with Crippen molar-refractivity contribution < 1.29 is 4.74 Å². The summed E-state index contributed by atoms with van der Waals surface area (Å²) in [5, 5.41) is 1.57. The minimum absolute atomic E-state index is 0.0568. The van der Waals surface area contributed by atoms with Crippen LogP contribution >= 0.6 is 23.1 Å². The second kappa shape index (κ2) is 6.65. The van der Waals surface area contributed by atoms with Crippen molar-refractivity contribution in [2.75, 3.05) is 5.75 Å². The lowest BCUT2D eigenvalue weighted by molar-refractivity contribution is -0.0379. The first-order chi connectivity index (χ1) is 11.3. The van der Waals surface area contributed by atoms with Gasteiger partial charge in [-0.05, 0) is 25.3 Å². The third-order valence-electron chi connectivity index (χ3n) is 4.01. The molecule has 0 amide bonds. The summed E-state index contributed by atoms with van der Waals surface area (Å²) in [4.78, 5) is 20.0. The monoisotopic (exact) mass is 364 g/mol. The Bertz CT molecular complexity index is 834. The van der Waals surface area contributed by atoms with E-state index in [0.717, 1.165) is 38.0 Å². The maximum atomic E-state index is 13.2. The molecule has 0 unspecified atom stereocenters. The first kappa shape index (κ1) is 17.7. The lowest BCUT2D eigenvalue weighted by atomic mass is 9.94. The Labute approximate surface area is 150 Å². The lowest BCUT2D eigenvalue weighted by Gasteiger charge is -2.29. The normalized spacial score (nSPS) is 16.5. The molecule has 0 spiro atoms. The first-order valence-corrected chi connectivity index (χ1v) is 10.1. The molecule has 3 rings (SSSR count). The van der Waals surface area contributed by atoms with Crippen LogP contribution in [0.1, 0.15) is 38.1 Å². The van der Waals surface area contributed by atoms with E-state index >= 15 is 0 Å². The van der Waals surface area contributed by atoms with Crippen molar-refractivity contribution in [3.8, 4) is 0 Å². The molecule has 0 fully saturated rings. The van der Waals surface area contributed by atoms with E-state index in [4.69, 9.17) is 9.72 Å². The Kier molecular flexibility index (Phi) is 4.91. The zero-order valence-electron chi connectivity index (χ0n) is 14.7. The first-order valence-electron chi connectivity index (χ1n) is 8.25. The number of nitrogens with zero attached hydrogens (tertiary/aromatic N) is 2. The number of hydrogen-bond donors (Lipinski definition) is 0. The summed E-state index contributed by atoms with van der Waals surface area (Å²) in [6.45, 7) is 13.3. The molecule has 2 aromatic rings. The molecule has 4 nitrogen and oxygen atoms in total. The van der Waals surface area contributed by atoms with E-state index in [0.29, 0.717) is 19.1 Å². The Hall–Kier alpha value is -1.11. The molecule has 2 aromatic heterocycles. The molecule has 0 bridgehead atoms. The van der Waals surface area contributed by atoms with Crippen LogP contribution in [0.25, 0.3) is 10.2 Å². The predicted molar refractivity (Wildman–Crippen MR) is 102 cm³/mol. The quantitative estimate of drug-likeness (QED) is 0.452. The second-order valence-corrected chi connectivity index (χ2v) is 9.28. The van der Waals surface area contributed by atoms with Crippen LogP contribution in [-0.4, -0.2) is 20.9 Å². The van der Waals surface area contributed by atoms with Crippen LogP contribution in [0, 0.1) is 5.92 Å². The number of aromatic nitrogens is 2. The van der Waals surface area contributed by atoms with E-state index in [9.17, 15) is 4.79 Å². The summed E-state index contributed by atoms with van der Waals surface area (Å²) in [6.07, 6.45) is 2.52. The molecule has 0 N–H and O–H groups in total. The zero-order valence-corrected chi connectivity index (χ0v) is 16.4. The fraction of sp³-hybridized carbons (Fsp3) is 0.556. The smallest absolute Gasteiger partial charge is 0.263 e. The van der Waals surface area contributed by atoms with Crippen LogP contribution in [-0.2, 0) is 24.3 Å². The molecule has 0 atom stereocenters. The molecule has 0 aliphatic carbocycles. The predicted octanol–water partition coefficient (Wildman–Crippen LogP) is 4.24. The minimum atomic E-state index is -0.234. The molecule has 0 saturated heterocycles. The average molecular weight is 365 g/mol. The highest BCUT2D eigenvalue weighted by Gasteiger charge is 2.31. The molecule has 0 saturated carbocycles.